The number of thiocarbonyl (C=S) groups is 1. The van der Waals surface area contributed by atoms with Crippen LogP contribution in [0.5, 0.6) is 0 Å². The highest BCUT2D eigenvalue weighted by atomic mass is 32.2. The van der Waals surface area contributed by atoms with Gasteiger partial charge in [-0.3, -0.25) is 19.8 Å². The Labute approximate surface area is 113 Å². The van der Waals surface area contributed by atoms with Crippen LogP contribution in [0.25, 0.3) is 6.08 Å². The molecule has 0 aromatic heterocycles. The Morgan fingerprint density at radius 3 is 2.78 bits per heavy atom. The second-order valence-electron chi connectivity index (χ2n) is 3.59. The number of non-ortho nitro benzene ring substituents is 1. The number of hydrogen-bond acceptors (Lipinski definition) is 5. The van der Waals surface area contributed by atoms with Crippen molar-refractivity contribution < 1.29 is 9.72 Å². The summed E-state index contributed by atoms with van der Waals surface area (Å²) in [5, 5.41) is 10.6. The highest BCUT2D eigenvalue weighted by Gasteiger charge is 2.28. The van der Waals surface area contributed by atoms with Gasteiger partial charge in [-0.2, -0.15) is 0 Å². The minimum absolute atomic E-state index is 0.00396. The van der Waals surface area contributed by atoms with Crippen molar-refractivity contribution in [2.24, 2.45) is 0 Å². The fourth-order valence-corrected chi connectivity index (χ4v) is 2.60. The molecule has 2 rings (SSSR count). The minimum Gasteiger partial charge on any atom is -0.296 e. The van der Waals surface area contributed by atoms with E-state index in [2.05, 4.69) is 0 Å². The first-order chi connectivity index (χ1) is 8.49. The molecule has 0 radical (unpaired) electrons. The van der Waals surface area contributed by atoms with Gasteiger partial charge in [-0.15, -0.1) is 0 Å². The molecule has 1 aromatic carbocycles. The van der Waals surface area contributed by atoms with Crippen LogP contribution < -0.4 is 0 Å². The first-order valence-corrected chi connectivity index (χ1v) is 6.17. The average molecular weight is 280 g/mol. The van der Waals surface area contributed by atoms with E-state index in [1.807, 2.05) is 0 Å². The number of carbonyl (C=O) groups excluding carboxylic acids is 1. The van der Waals surface area contributed by atoms with E-state index in [4.69, 9.17) is 12.2 Å². The molecule has 92 valence electrons. The normalized spacial score (nSPS) is 17.6. The summed E-state index contributed by atoms with van der Waals surface area (Å²) >= 11 is 6.19. The number of hydrogen-bond donors (Lipinski definition) is 0. The summed E-state index contributed by atoms with van der Waals surface area (Å²) in [6, 6.07) is 6.11. The van der Waals surface area contributed by atoms with Gasteiger partial charge in [0, 0.05) is 19.2 Å². The largest absolute Gasteiger partial charge is 0.296 e. The summed E-state index contributed by atoms with van der Waals surface area (Å²) in [5.74, 6) is -0.184. The van der Waals surface area contributed by atoms with Crippen LogP contribution in [0.2, 0.25) is 0 Å². The number of thioether (sulfide) groups is 1. The smallest absolute Gasteiger partial charge is 0.270 e. The van der Waals surface area contributed by atoms with E-state index in [9.17, 15) is 14.9 Å². The number of rotatable bonds is 2. The van der Waals surface area contributed by atoms with Crippen LogP contribution in [0.3, 0.4) is 0 Å². The van der Waals surface area contributed by atoms with Gasteiger partial charge < -0.3 is 0 Å². The number of benzene rings is 1. The first-order valence-electron chi connectivity index (χ1n) is 4.95. The Morgan fingerprint density at radius 1 is 1.50 bits per heavy atom. The van der Waals surface area contributed by atoms with Gasteiger partial charge in [-0.05, 0) is 11.6 Å². The van der Waals surface area contributed by atoms with Gasteiger partial charge >= 0.3 is 0 Å². The molecule has 7 heteroatoms. The van der Waals surface area contributed by atoms with Crippen molar-refractivity contribution in [3.05, 3.63) is 44.8 Å². The Hall–Kier alpha value is -1.73. The van der Waals surface area contributed by atoms with Gasteiger partial charge in [0.2, 0.25) is 0 Å². The van der Waals surface area contributed by atoms with Crippen LogP contribution in [0, 0.1) is 10.1 Å². The van der Waals surface area contributed by atoms with Crippen LogP contribution in [-0.4, -0.2) is 27.1 Å². The van der Waals surface area contributed by atoms with Gasteiger partial charge in [-0.1, -0.05) is 36.1 Å². The lowest BCUT2D eigenvalue weighted by atomic mass is 10.2. The van der Waals surface area contributed by atoms with Crippen molar-refractivity contribution in [1.82, 2.24) is 4.90 Å². The molecule has 1 saturated heterocycles. The summed E-state index contributed by atoms with van der Waals surface area (Å²) in [5.41, 5.74) is 0.605. The third-order valence-corrected chi connectivity index (χ3v) is 3.85. The molecule has 0 spiro atoms. The van der Waals surface area contributed by atoms with Crippen molar-refractivity contribution in [3.8, 4) is 0 Å². The zero-order chi connectivity index (χ0) is 13.3. The minimum atomic E-state index is -0.470. The maximum Gasteiger partial charge on any atom is 0.270 e. The maximum atomic E-state index is 11.8. The maximum absolute atomic E-state index is 11.8. The second-order valence-corrected chi connectivity index (χ2v) is 5.27. The molecule has 0 N–H and O–H groups in total. The lowest BCUT2D eigenvalue weighted by Crippen LogP contribution is -2.22. The number of amides is 1. The lowest BCUT2D eigenvalue weighted by molar-refractivity contribution is -0.384. The first kappa shape index (κ1) is 12.7. The molecule has 0 saturated carbocycles. The van der Waals surface area contributed by atoms with Gasteiger partial charge in [-0.25, -0.2) is 0 Å². The molecule has 5 nitrogen and oxygen atoms in total. The molecule has 0 atom stereocenters. The Morgan fingerprint density at radius 2 is 2.22 bits per heavy atom. The van der Waals surface area contributed by atoms with E-state index in [0.717, 1.165) is 0 Å². The van der Waals surface area contributed by atoms with Crippen molar-refractivity contribution >= 4 is 46.0 Å². The van der Waals surface area contributed by atoms with Crippen molar-refractivity contribution in [1.29, 1.82) is 0 Å². The van der Waals surface area contributed by atoms with Crippen molar-refractivity contribution in [2.45, 2.75) is 0 Å². The third kappa shape index (κ3) is 2.41. The molecule has 1 aromatic rings. The van der Waals surface area contributed by atoms with Crippen molar-refractivity contribution in [3.63, 3.8) is 0 Å². The number of nitro benzene ring substituents is 1. The molecular formula is C11H8N2O3S2. The van der Waals surface area contributed by atoms with Gasteiger partial charge in [0.15, 0.2) is 0 Å². The van der Waals surface area contributed by atoms with Crippen LogP contribution in [-0.2, 0) is 4.79 Å². The topological polar surface area (TPSA) is 63.5 Å². The van der Waals surface area contributed by atoms with E-state index in [-0.39, 0.29) is 11.6 Å². The Bertz CT molecular complexity index is 583. The van der Waals surface area contributed by atoms with Crippen LogP contribution >= 0.6 is 24.0 Å². The summed E-state index contributed by atoms with van der Waals surface area (Å²) in [7, 11) is 1.60. The summed E-state index contributed by atoms with van der Waals surface area (Å²) in [6.07, 6.45) is 1.61. The highest BCUT2D eigenvalue weighted by molar-refractivity contribution is 8.26. The number of likely N-dealkylation sites (N-methyl/N-ethyl adjacent to an activating group) is 1. The lowest BCUT2D eigenvalue weighted by Gasteiger charge is -2.03. The van der Waals surface area contributed by atoms with E-state index in [1.54, 1.807) is 25.3 Å². The molecule has 0 aliphatic carbocycles. The molecule has 18 heavy (non-hydrogen) atoms. The van der Waals surface area contributed by atoms with Gasteiger partial charge in [0.05, 0.1) is 9.83 Å². The van der Waals surface area contributed by atoms with Crippen LogP contribution in [0.4, 0.5) is 5.69 Å². The fraction of sp³-hybridized carbons (Fsp3) is 0.0909. The van der Waals surface area contributed by atoms with Crippen LogP contribution in [0.15, 0.2) is 29.2 Å². The molecule has 1 aliphatic rings. The second kappa shape index (κ2) is 4.87. The van der Waals surface area contributed by atoms with E-state index >= 15 is 0 Å². The summed E-state index contributed by atoms with van der Waals surface area (Å²) in [4.78, 5) is 23.8. The molecule has 0 unspecified atom stereocenters. The quantitative estimate of drug-likeness (QED) is 0.360. The number of nitro groups is 1. The Balaban J connectivity index is 2.34. The predicted octanol–water partition coefficient (Wildman–Crippen LogP) is 2.43. The molecule has 0 bridgehead atoms. The third-order valence-electron chi connectivity index (χ3n) is 2.37. The van der Waals surface area contributed by atoms with E-state index in [0.29, 0.717) is 14.8 Å². The fourth-order valence-electron chi connectivity index (χ4n) is 1.43. The molecule has 1 heterocycles. The van der Waals surface area contributed by atoms with E-state index < -0.39 is 4.92 Å². The zero-order valence-corrected chi connectivity index (χ0v) is 11.0. The average Bonchev–Trinajstić information content (AvgIpc) is 2.57. The summed E-state index contributed by atoms with van der Waals surface area (Å²) in [6.45, 7) is 0. The monoisotopic (exact) mass is 280 g/mol. The molecule has 1 aliphatic heterocycles. The van der Waals surface area contributed by atoms with Crippen LogP contribution in [0.1, 0.15) is 5.56 Å². The van der Waals surface area contributed by atoms with Gasteiger partial charge in [0.25, 0.3) is 11.6 Å². The zero-order valence-electron chi connectivity index (χ0n) is 9.32. The molecular weight excluding hydrogens is 272 g/mol. The standard InChI is InChI=1S/C11H8N2O3S2/c1-12-10(14)9(18-11(12)17)6-7-3-2-4-8(5-7)13(15)16/h2-6H,1H3/b9-6+. The van der Waals surface area contributed by atoms with Gasteiger partial charge in [0.1, 0.15) is 4.32 Å². The summed E-state index contributed by atoms with van der Waals surface area (Å²) < 4.78 is 0.483. The highest BCUT2D eigenvalue weighted by Crippen LogP contribution is 2.31. The molecule has 1 fully saturated rings. The Kier molecular flexibility index (Phi) is 3.44. The molecule has 1 amide bonds. The number of nitrogens with zero attached hydrogens (tertiary/aromatic N) is 2. The predicted molar refractivity (Wildman–Crippen MR) is 74.0 cm³/mol. The number of carbonyl (C=O) groups is 1. The van der Waals surface area contributed by atoms with Crippen molar-refractivity contribution in [2.75, 3.05) is 7.05 Å². The SMILES string of the molecule is CN1C(=O)/C(=C\c2cccc([N+](=O)[O-])c2)SC1=S. The van der Waals surface area contributed by atoms with E-state index in [1.165, 1.54) is 28.8 Å².